The van der Waals surface area contributed by atoms with E-state index in [1.807, 2.05) is 0 Å². The second-order valence-corrected chi connectivity index (χ2v) is 7.05. The fourth-order valence-electron chi connectivity index (χ4n) is 1.43. The number of rotatable bonds is 1. The number of aliphatic hydroxyl groups is 2. The molecular formula is C10H8O6S2. The number of hydrogen-bond donors (Lipinski definition) is 2. The molecule has 0 amide bonds. The van der Waals surface area contributed by atoms with Crippen molar-refractivity contribution in [1.82, 2.24) is 0 Å². The lowest BCUT2D eigenvalue weighted by Gasteiger charge is -2.14. The highest BCUT2D eigenvalue weighted by Gasteiger charge is 2.38. The zero-order valence-corrected chi connectivity index (χ0v) is 10.4. The third-order valence-corrected chi connectivity index (χ3v) is 5.51. The Kier molecular flexibility index (Phi) is 2.71. The molecule has 0 unspecified atom stereocenters. The molecule has 1 aliphatic rings. The molecule has 6 nitrogen and oxygen atoms in total. The Morgan fingerprint density at radius 3 is 1.94 bits per heavy atom. The molecule has 0 saturated carbocycles. The van der Waals surface area contributed by atoms with Crippen LogP contribution in [-0.4, -0.2) is 27.0 Å². The smallest absolute Gasteiger partial charge is 0.269 e. The van der Waals surface area contributed by atoms with Gasteiger partial charge in [-0.1, -0.05) is 30.3 Å². The van der Waals surface area contributed by atoms with Gasteiger partial charge in [0.05, 0.1) is 10.3 Å². The van der Waals surface area contributed by atoms with Crippen LogP contribution in [0.3, 0.4) is 0 Å². The third-order valence-electron chi connectivity index (χ3n) is 2.32. The molecule has 2 N–H and O–H groups in total. The first-order valence-corrected chi connectivity index (χ1v) is 7.69. The van der Waals surface area contributed by atoms with Gasteiger partial charge in [-0.25, -0.2) is 16.8 Å². The summed E-state index contributed by atoms with van der Waals surface area (Å²) >= 11 is 0. The Morgan fingerprint density at radius 2 is 1.39 bits per heavy atom. The summed E-state index contributed by atoms with van der Waals surface area (Å²) in [6.45, 7) is 0. The van der Waals surface area contributed by atoms with E-state index in [4.69, 9.17) is 5.11 Å². The van der Waals surface area contributed by atoms with E-state index in [9.17, 15) is 21.9 Å². The first kappa shape index (κ1) is 12.7. The van der Waals surface area contributed by atoms with Gasteiger partial charge in [0.2, 0.25) is 19.7 Å². The van der Waals surface area contributed by atoms with Gasteiger partial charge in [0.25, 0.3) is 10.2 Å². The average molecular weight is 288 g/mol. The van der Waals surface area contributed by atoms with Crippen molar-refractivity contribution < 1.29 is 27.0 Å². The van der Waals surface area contributed by atoms with E-state index >= 15 is 0 Å². The maximum atomic E-state index is 11.8. The molecule has 0 atom stereocenters. The fraction of sp³-hybridized carbons (Fsp3) is 0. The molecule has 1 aliphatic heterocycles. The van der Waals surface area contributed by atoms with Gasteiger partial charge in [-0.2, -0.15) is 0 Å². The molecule has 1 aromatic rings. The number of sulfone groups is 2. The highest BCUT2D eigenvalue weighted by molar-refractivity contribution is 8.08. The summed E-state index contributed by atoms with van der Waals surface area (Å²) in [4.78, 5) is -0.571. The SMILES string of the molecule is O=S1(=O)C=C(c2ccccc2)S(=O)(=O)C(O)=C1O. The molecular weight excluding hydrogens is 280 g/mol. The van der Waals surface area contributed by atoms with Crippen LogP contribution in [0.5, 0.6) is 0 Å². The minimum atomic E-state index is -4.41. The standard InChI is InChI=1S/C10H8O6S2/c11-9-10(12)18(15,16)8(6-17(9,13)14)7-4-2-1-3-5-7/h1-6,11-12H. The van der Waals surface area contributed by atoms with Crippen molar-refractivity contribution in [3.05, 3.63) is 51.5 Å². The Balaban J connectivity index is 2.79. The van der Waals surface area contributed by atoms with Crippen molar-refractivity contribution in [2.45, 2.75) is 0 Å². The molecule has 1 heterocycles. The zero-order chi connectivity index (χ0) is 13.6. The van der Waals surface area contributed by atoms with E-state index in [1.54, 1.807) is 6.07 Å². The van der Waals surface area contributed by atoms with Gasteiger partial charge in [-0.15, -0.1) is 0 Å². The lowest BCUT2D eigenvalue weighted by molar-refractivity contribution is 0.369. The third kappa shape index (κ3) is 1.79. The van der Waals surface area contributed by atoms with Crippen LogP contribution in [0, 0.1) is 0 Å². The zero-order valence-electron chi connectivity index (χ0n) is 8.81. The molecule has 0 aliphatic carbocycles. The maximum Gasteiger partial charge on any atom is 0.269 e. The first-order valence-electron chi connectivity index (χ1n) is 4.66. The molecule has 2 rings (SSSR count). The summed E-state index contributed by atoms with van der Waals surface area (Å²) in [6.07, 6.45) is 0. The van der Waals surface area contributed by atoms with Crippen LogP contribution in [-0.2, 0) is 19.7 Å². The van der Waals surface area contributed by atoms with E-state index in [2.05, 4.69) is 0 Å². The topological polar surface area (TPSA) is 109 Å². The Morgan fingerprint density at radius 1 is 0.833 bits per heavy atom. The number of benzene rings is 1. The minimum absolute atomic E-state index is 0.111. The van der Waals surface area contributed by atoms with Crippen molar-refractivity contribution in [3.63, 3.8) is 0 Å². The van der Waals surface area contributed by atoms with Gasteiger partial charge >= 0.3 is 0 Å². The van der Waals surface area contributed by atoms with Crippen LogP contribution >= 0.6 is 0 Å². The van der Waals surface area contributed by atoms with Gasteiger partial charge in [-0.3, -0.25) is 0 Å². The van der Waals surface area contributed by atoms with Crippen molar-refractivity contribution in [1.29, 1.82) is 0 Å². The highest BCUT2D eigenvalue weighted by Crippen LogP contribution is 2.34. The summed E-state index contributed by atoms with van der Waals surface area (Å²) in [5, 5.41) is 15.7. The van der Waals surface area contributed by atoms with Crippen LogP contribution < -0.4 is 0 Å². The Bertz CT molecular complexity index is 754. The van der Waals surface area contributed by atoms with E-state index in [-0.39, 0.29) is 5.56 Å². The van der Waals surface area contributed by atoms with E-state index < -0.39 is 34.8 Å². The summed E-state index contributed by atoms with van der Waals surface area (Å²) < 4.78 is 46.5. The molecule has 0 saturated heterocycles. The fourth-order valence-corrected chi connectivity index (χ4v) is 4.65. The van der Waals surface area contributed by atoms with Crippen LogP contribution in [0.1, 0.15) is 5.56 Å². The number of aliphatic hydroxyl groups excluding tert-OH is 2. The van der Waals surface area contributed by atoms with Crippen LogP contribution in [0.4, 0.5) is 0 Å². The van der Waals surface area contributed by atoms with Crippen molar-refractivity contribution in [2.75, 3.05) is 0 Å². The average Bonchev–Trinajstić information content (AvgIpc) is 2.33. The lowest BCUT2D eigenvalue weighted by atomic mass is 10.2. The molecule has 8 heteroatoms. The normalized spacial score (nSPS) is 21.4. The maximum absolute atomic E-state index is 11.8. The largest absolute Gasteiger partial charge is 0.495 e. The first-order chi connectivity index (χ1) is 8.27. The molecule has 1 aromatic carbocycles. The molecule has 96 valence electrons. The molecule has 0 fully saturated rings. The van der Waals surface area contributed by atoms with Gasteiger partial charge in [0.1, 0.15) is 0 Å². The molecule has 0 bridgehead atoms. The Hall–Kier alpha value is -1.80. The molecule has 0 radical (unpaired) electrons. The van der Waals surface area contributed by atoms with Gasteiger partial charge in [0, 0.05) is 0 Å². The van der Waals surface area contributed by atoms with Crippen LogP contribution in [0.25, 0.3) is 4.91 Å². The summed E-state index contributed by atoms with van der Waals surface area (Å²) in [5.74, 6) is 0. The second kappa shape index (κ2) is 3.85. The van der Waals surface area contributed by atoms with Crippen molar-refractivity contribution >= 4 is 24.6 Å². The lowest BCUT2D eigenvalue weighted by Crippen LogP contribution is -2.18. The van der Waals surface area contributed by atoms with Gasteiger partial charge < -0.3 is 10.2 Å². The summed E-state index contributed by atoms with van der Waals surface area (Å²) in [6, 6.07) is 7.44. The number of hydrogen-bond acceptors (Lipinski definition) is 6. The second-order valence-electron chi connectivity index (χ2n) is 3.51. The van der Waals surface area contributed by atoms with Crippen LogP contribution in [0.15, 0.2) is 45.9 Å². The monoisotopic (exact) mass is 288 g/mol. The predicted octanol–water partition coefficient (Wildman–Crippen LogP) is 1.07. The van der Waals surface area contributed by atoms with E-state index in [0.717, 1.165) is 0 Å². The highest BCUT2D eigenvalue weighted by atomic mass is 32.2. The van der Waals surface area contributed by atoms with Crippen LogP contribution in [0.2, 0.25) is 0 Å². The van der Waals surface area contributed by atoms with Gasteiger partial charge in [-0.05, 0) is 5.56 Å². The minimum Gasteiger partial charge on any atom is -0.495 e. The Labute approximate surface area is 103 Å². The summed E-state index contributed by atoms with van der Waals surface area (Å²) in [5.41, 5.74) is 0.111. The molecule has 0 aromatic heterocycles. The van der Waals surface area contributed by atoms with E-state index in [1.165, 1.54) is 24.3 Å². The van der Waals surface area contributed by atoms with Gasteiger partial charge in [0.15, 0.2) is 0 Å². The predicted molar refractivity (Wildman–Crippen MR) is 64.5 cm³/mol. The molecule has 0 spiro atoms. The molecule has 18 heavy (non-hydrogen) atoms. The summed E-state index contributed by atoms with van der Waals surface area (Å²) in [7, 11) is -8.74. The van der Waals surface area contributed by atoms with Crippen molar-refractivity contribution in [2.24, 2.45) is 0 Å². The quantitative estimate of drug-likeness (QED) is 0.800. The van der Waals surface area contributed by atoms with E-state index in [0.29, 0.717) is 5.41 Å². The van der Waals surface area contributed by atoms with Crippen molar-refractivity contribution in [3.8, 4) is 0 Å².